The standard InChI is InChI=1S/C29H34BrN3O4S/c1-6-31-29(35)23(5)32(18-24-11-13-25(30)14-12-24)28(34)19-33(27-17-21(3)7-10-22(27)4)38(36,37)26-15-8-20(2)9-16-26/h7-17,23H,6,18-19H2,1-5H3,(H,31,35)/t23-/m1/s1. The summed E-state index contributed by atoms with van der Waals surface area (Å²) in [6.07, 6.45) is 0. The van der Waals surface area contributed by atoms with Crippen LogP contribution in [-0.4, -0.2) is 44.3 Å². The van der Waals surface area contributed by atoms with Crippen molar-refractivity contribution in [3.05, 3.63) is 93.5 Å². The van der Waals surface area contributed by atoms with Crippen LogP contribution in [0.3, 0.4) is 0 Å². The molecule has 0 unspecified atom stereocenters. The molecular weight excluding hydrogens is 566 g/mol. The number of benzene rings is 3. The molecule has 0 aliphatic rings. The van der Waals surface area contributed by atoms with Crippen molar-refractivity contribution in [2.75, 3.05) is 17.4 Å². The van der Waals surface area contributed by atoms with Gasteiger partial charge >= 0.3 is 0 Å². The number of likely N-dealkylation sites (N-methyl/N-ethyl adjacent to an activating group) is 1. The highest BCUT2D eigenvalue weighted by atomic mass is 79.9. The zero-order valence-electron chi connectivity index (χ0n) is 22.4. The summed E-state index contributed by atoms with van der Waals surface area (Å²) in [4.78, 5) is 28.2. The van der Waals surface area contributed by atoms with Crippen LogP contribution in [0, 0.1) is 20.8 Å². The quantitative estimate of drug-likeness (QED) is 0.350. The average molecular weight is 601 g/mol. The van der Waals surface area contributed by atoms with Crippen LogP contribution in [0.4, 0.5) is 5.69 Å². The smallest absolute Gasteiger partial charge is 0.264 e. The second kappa shape index (κ2) is 12.6. The van der Waals surface area contributed by atoms with Gasteiger partial charge in [-0.05, 0) is 81.6 Å². The first kappa shape index (κ1) is 29.4. The Labute approximate surface area is 234 Å². The number of hydrogen-bond acceptors (Lipinski definition) is 4. The van der Waals surface area contributed by atoms with Crippen molar-refractivity contribution < 1.29 is 18.0 Å². The molecule has 3 aromatic carbocycles. The van der Waals surface area contributed by atoms with E-state index in [9.17, 15) is 18.0 Å². The fourth-order valence-electron chi connectivity index (χ4n) is 4.03. The SMILES string of the molecule is CCNC(=O)[C@@H](C)N(Cc1ccc(Br)cc1)C(=O)CN(c1cc(C)ccc1C)S(=O)(=O)c1ccc(C)cc1. The second-order valence-electron chi connectivity index (χ2n) is 9.33. The Hall–Kier alpha value is -3.17. The minimum Gasteiger partial charge on any atom is -0.355 e. The predicted octanol–water partition coefficient (Wildman–Crippen LogP) is 5.12. The van der Waals surface area contributed by atoms with Gasteiger partial charge in [0.15, 0.2) is 0 Å². The number of anilines is 1. The maximum atomic E-state index is 13.9. The molecule has 0 spiro atoms. The predicted molar refractivity (Wildman–Crippen MR) is 154 cm³/mol. The maximum absolute atomic E-state index is 13.9. The summed E-state index contributed by atoms with van der Waals surface area (Å²) in [5.74, 6) is -0.791. The van der Waals surface area contributed by atoms with Crippen molar-refractivity contribution in [2.24, 2.45) is 0 Å². The van der Waals surface area contributed by atoms with E-state index in [0.29, 0.717) is 12.2 Å². The lowest BCUT2D eigenvalue weighted by Crippen LogP contribution is -2.51. The Morgan fingerprint density at radius 2 is 1.53 bits per heavy atom. The number of amides is 2. The van der Waals surface area contributed by atoms with Crippen molar-refractivity contribution >= 4 is 43.5 Å². The van der Waals surface area contributed by atoms with Crippen molar-refractivity contribution in [1.29, 1.82) is 0 Å². The van der Waals surface area contributed by atoms with Crippen molar-refractivity contribution in [3.8, 4) is 0 Å². The number of hydrogen-bond donors (Lipinski definition) is 1. The van der Waals surface area contributed by atoms with E-state index >= 15 is 0 Å². The fraction of sp³-hybridized carbons (Fsp3) is 0.310. The Bertz CT molecular complexity index is 1390. The third kappa shape index (κ3) is 7.02. The van der Waals surface area contributed by atoms with E-state index in [1.807, 2.05) is 64.1 Å². The van der Waals surface area contributed by atoms with Crippen molar-refractivity contribution in [2.45, 2.75) is 52.1 Å². The van der Waals surface area contributed by atoms with Gasteiger partial charge in [-0.25, -0.2) is 8.42 Å². The molecule has 0 aliphatic heterocycles. The molecule has 0 aromatic heterocycles. The first-order chi connectivity index (χ1) is 17.9. The molecule has 0 fully saturated rings. The first-order valence-corrected chi connectivity index (χ1v) is 14.7. The van der Waals surface area contributed by atoms with Gasteiger partial charge in [0, 0.05) is 17.6 Å². The number of sulfonamides is 1. The highest BCUT2D eigenvalue weighted by Gasteiger charge is 2.33. The van der Waals surface area contributed by atoms with E-state index in [-0.39, 0.29) is 17.3 Å². The van der Waals surface area contributed by atoms with Crippen LogP contribution < -0.4 is 9.62 Å². The summed E-state index contributed by atoms with van der Waals surface area (Å²) in [7, 11) is -4.09. The Balaban J connectivity index is 2.07. The molecule has 0 aliphatic carbocycles. The van der Waals surface area contributed by atoms with Crippen LogP contribution in [0.1, 0.15) is 36.1 Å². The number of aryl methyl sites for hydroxylation is 3. The van der Waals surface area contributed by atoms with Crippen molar-refractivity contribution in [3.63, 3.8) is 0 Å². The molecule has 1 atom stereocenters. The van der Waals surface area contributed by atoms with E-state index in [2.05, 4.69) is 21.2 Å². The average Bonchev–Trinajstić information content (AvgIpc) is 2.88. The lowest BCUT2D eigenvalue weighted by atomic mass is 10.1. The van der Waals surface area contributed by atoms with E-state index < -0.39 is 28.5 Å². The highest BCUT2D eigenvalue weighted by Crippen LogP contribution is 2.29. The fourth-order valence-corrected chi connectivity index (χ4v) is 5.76. The molecule has 3 rings (SSSR count). The summed E-state index contributed by atoms with van der Waals surface area (Å²) in [5.41, 5.74) is 3.75. The topological polar surface area (TPSA) is 86.8 Å². The molecule has 9 heteroatoms. The highest BCUT2D eigenvalue weighted by molar-refractivity contribution is 9.10. The van der Waals surface area contributed by atoms with Gasteiger partial charge in [-0.1, -0.05) is 57.9 Å². The summed E-state index contributed by atoms with van der Waals surface area (Å²) in [6, 6.07) is 18.7. The van der Waals surface area contributed by atoms with Gasteiger partial charge in [0.25, 0.3) is 10.0 Å². The van der Waals surface area contributed by atoms with E-state index in [1.165, 1.54) is 4.90 Å². The third-order valence-electron chi connectivity index (χ3n) is 6.31. The minimum absolute atomic E-state index is 0.0908. The molecule has 0 bridgehead atoms. The first-order valence-electron chi connectivity index (χ1n) is 12.4. The molecule has 2 amide bonds. The van der Waals surface area contributed by atoms with E-state index in [1.54, 1.807) is 37.3 Å². The molecule has 202 valence electrons. The maximum Gasteiger partial charge on any atom is 0.264 e. The number of carbonyl (C=O) groups is 2. The van der Waals surface area contributed by atoms with Gasteiger partial charge in [0.2, 0.25) is 11.8 Å². The van der Waals surface area contributed by atoms with Crippen LogP contribution >= 0.6 is 15.9 Å². The minimum atomic E-state index is -4.09. The number of nitrogens with zero attached hydrogens (tertiary/aromatic N) is 2. The summed E-state index contributed by atoms with van der Waals surface area (Å²) in [5, 5.41) is 2.77. The zero-order chi connectivity index (χ0) is 28.0. The largest absolute Gasteiger partial charge is 0.355 e. The third-order valence-corrected chi connectivity index (χ3v) is 8.61. The number of carbonyl (C=O) groups excluding carboxylic acids is 2. The van der Waals surface area contributed by atoms with Gasteiger partial charge < -0.3 is 10.2 Å². The summed E-state index contributed by atoms with van der Waals surface area (Å²) < 4.78 is 29.9. The monoisotopic (exact) mass is 599 g/mol. The molecular formula is C29H34BrN3O4S. The van der Waals surface area contributed by atoms with Gasteiger partial charge in [-0.15, -0.1) is 0 Å². The van der Waals surface area contributed by atoms with Crippen molar-refractivity contribution in [1.82, 2.24) is 10.2 Å². The molecule has 0 radical (unpaired) electrons. The van der Waals surface area contributed by atoms with Crippen LogP contribution in [0.5, 0.6) is 0 Å². The van der Waals surface area contributed by atoms with E-state index in [4.69, 9.17) is 0 Å². The lowest BCUT2D eigenvalue weighted by Gasteiger charge is -2.32. The summed E-state index contributed by atoms with van der Waals surface area (Å²) in [6.45, 7) is 9.13. The number of nitrogens with one attached hydrogen (secondary N) is 1. The van der Waals surface area contributed by atoms with Gasteiger partial charge in [-0.2, -0.15) is 0 Å². The van der Waals surface area contributed by atoms with Crippen LogP contribution in [0.25, 0.3) is 0 Å². The number of halogens is 1. The molecule has 38 heavy (non-hydrogen) atoms. The molecule has 0 heterocycles. The van der Waals surface area contributed by atoms with E-state index in [0.717, 1.165) is 31.0 Å². The van der Waals surface area contributed by atoms with Gasteiger partial charge in [0.1, 0.15) is 12.6 Å². The molecule has 3 aromatic rings. The normalized spacial score (nSPS) is 12.1. The lowest BCUT2D eigenvalue weighted by molar-refractivity contribution is -0.139. The van der Waals surface area contributed by atoms with Gasteiger partial charge in [-0.3, -0.25) is 13.9 Å². The molecule has 1 N–H and O–H groups in total. The number of rotatable bonds is 10. The molecule has 0 saturated heterocycles. The second-order valence-corrected chi connectivity index (χ2v) is 12.1. The Kier molecular flexibility index (Phi) is 9.73. The zero-order valence-corrected chi connectivity index (χ0v) is 24.8. The van der Waals surface area contributed by atoms with Crippen LogP contribution in [0.2, 0.25) is 0 Å². The van der Waals surface area contributed by atoms with Crippen LogP contribution in [0.15, 0.2) is 76.1 Å². The van der Waals surface area contributed by atoms with Gasteiger partial charge in [0.05, 0.1) is 10.6 Å². The Morgan fingerprint density at radius 1 is 0.921 bits per heavy atom. The molecule has 7 nitrogen and oxygen atoms in total. The Morgan fingerprint density at radius 3 is 2.13 bits per heavy atom. The van der Waals surface area contributed by atoms with Crippen LogP contribution in [-0.2, 0) is 26.2 Å². The molecule has 0 saturated carbocycles. The summed E-state index contributed by atoms with van der Waals surface area (Å²) >= 11 is 3.41.